The summed E-state index contributed by atoms with van der Waals surface area (Å²) in [6.45, 7) is 8.51. The van der Waals surface area contributed by atoms with Gasteiger partial charge in [0.05, 0.1) is 7.11 Å². The number of benzene rings is 1. The molecular formula is C16H27NO2. The van der Waals surface area contributed by atoms with Crippen LogP contribution in [0.4, 0.5) is 0 Å². The van der Waals surface area contributed by atoms with Gasteiger partial charge in [-0.2, -0.15) is 0 Å². The first-order valence-corrected chi connectivity index (χ1v) is 7.17. The van der Waals surface area contributed by atoms with Crippen LogP contribution in [-0.4, -0.2) is 26.3 Å². The van der Waals surface area contributed by atoms with E-state index in [9.17, 15) is 0 Å². The molecule has 108 valence electrons. The SMILES string of the molecule is CCCC(CNCC(C)C)Oc1ccccc1OC. The van der Waals surface area contributed by atoms with Gasteiger partial charge < -0.3 is 14.8 Å². The van der Waals surface area contributed by atoms with Crippen LogP contribution in [0.3, 0.4) is 0 Å². The van der Waals surface area contributed by atoms with Crippen molar-refractivity contribution in [3.63, 3.8) is 0 Å². The molecule has 1 rings (SSSR count). The molecule has 0 saturated heterocycles. The van der Waals surface area contributed by atoms with Crippen LogP contribution in [0, 0.1) is 5.92 Å². The Labute approximate surface area is 117 Å². The summed E-state index contributed by atoms with van der Waals surface area (Å²) in [4.78, 5) is 0. The first-order chi connectivity index (χ1) is 9.17. The lowest BCUT2D eigenvalue weighted by atomic mass is 10.2. The van der Waals surface area contributed by atoms with Gasteiger partial charge in [0, 0.05) is 6.54 Å². The van der Waals surface area contributed by atoms with Crippen molar-refractivity contribution >= 4 is 0 Å². The predicted octanol–water partition coefficient (Wildman–Crippen LogP) is 3.49. The zero-order valence-electron chi connectivity index (χ0n) is 12.6. The Morgan fingerprint density at radius 1 is 1.11 bits per heavy atom. The van der Waals surface area contributed by atoms with Crippen molar-refractivity contribution in [2.45, 2.75) is 39.7 Å². The molecule has 3 nitrogen and oxygen atoms in total. The zero-order valence-corrected chi connectivity index (χ0v) is 12.6. The molecule has 0 spiro atoms. The van der Waals surface area contributed by atoms with E-state index in [1.807, 2.05) is 24.3 Å². The Morgan fingerprint density at radius 3 is 2.37 bits per heavy atom. The smallest absolute Gasteiger partial charge is 0.161 e. The number of methoxy groups -OCH3 is 1. The average molecular weight is 265 g/mol. The molecule has 0 radical (unpaired) electrons. The van der Waals surface area contributed by atoms with Gasteiger partial charge in [-0.25, -0.2) is 0 Å². The number of ether oxygens (including phenoxy) is 2. The van der Waals surface area contributed by atoms with E-state index in [0.29, 0.717) is 5.92 Å². The van der Waals surface area contributed by atoms with Crippen molar-refractivity contribution in [1.29, 1.82) is 0 Å². The third kappa shape index (κ3) is 5.97. The van der Waals surface area contributed by atoms with Crippen LogP contribution >= 0.6 is 0 Å². The van der Waals surface area contributed by atoms with Crippen molar-refractivity contribution < 1.29 is 9.47 Å². The van der Waals surface area contributed by atoms with E-state index in [-0.39, 0.29) is 6.10 Å². The maximum Gasteiger partial charge on any atom is 0.161 e. The van der Waals surface area contributed by atoms with Crippen molar-refractivity contribution in [3.05, 3.63) is 24.3 Å². The maximum atomic E-state index is 6.07. The summed E-state index contributed by atoms with van der Waals surface area (Å²) in [5.41, 5.74) is 0. The minimum Gasteiger partial charge on any atom is -0.493 e. The molecule has 0 aliphatic heterocycles. The third-order valence-electron chi connectivity index (χ3n) is 2.90. The fourth-order valence-electron chi connectivity index (χ4n) is 1.95. The minimum absolute atomic E-state index is 0.194. The van der Waals surface area contributed by atoms with Gasteiger partial charge in [0.2, 0.25) is 0 Å². The number of hydrogen-bond acceptors (Lipinski definition) is 3. The number of rotatable bonds is 9. The molecule has 0 aromatic heterocycles. The average Bonchev–Trinajstić information content (AvgIpc) is 2.39. The van der Waals surface area contributed by atoms with E-state index in [1.54, 1.807) is 7.11 Å². The summed E-state index contributed by atoms with van der Waals surface area (Å²) in [6, 6.07) is 7.82. The van der Waals surface area contributed by atoms with Crippen molar-refractivity contribution in [3.8, 4) is 11.5 Å². The Bertz CT molecular complexity index is 352. The first kappa shape index (κ1) is 15.8. The monoisotopic (exact) mass is 265 g/mol. The summed E-state index contributed by atoms with van der Waals surface area (Å²) in [5, 5.41) is 3.46. The van der Waals surface area contributed by atoms with Gasteiger partial charge >= 0.3 is 0 Å². The van der Waals surface area contributed by atoms with Gasteiger partial charge in [0.25, 0.3) is 0 Å². The van der Waals surface area contributed by atoms with Crippen LogP contribution in [0.1, 0.15) is 33.6 Å². The van der Waals surface area contributed by atoms with Gasteiger partial charge in [0.15, 0.2) is 11.5 Å². The second kappa shape index (κ2) is 8.81. The lowest BCUT2D eigenvalue weighted by Crippen LogP contribution is -2.33. The van der Waals surface area contributed by atoms with Crippen LogP contribution in [0.2, 0.25) is 0 Å². The molecule has 0 amide bonds. The van der Waals surface area contributed by atoms with E-state index in [2.05, 4.69) is 26.1 Å². The highest BCUT2D eigenvalue weighted by Gasteiger charge is 2.12. The first-order valence-electron chi connectivity index (χ1n) is 7.17. The Morgan fingerprint density at radius 2 is 1.79 bits per heavy atom. The highest BCUT2D eigenvalue weighted by atomic mass is 16.5. The summed E-state index contributed by atoms with van der Waals surface area (Å²) < 4.78 is 11.4. The number of hydrogen-bond donors (Lipinski definition) is 1. The highest BCUT2D eigenvalue weighted by Crippen LogP contribution is 2.27. The van der Waals surface area contributed by atoms with Gasteiger partial charge in [-0.1, -0.05) is 39.3 Å². The zero-order chi connectivity index (χ0) is 14.1. The van der Waals surface area contributed by atoms with Crippen LogP contribution in [0.5, 0.6) is 11.5 Å². The van der Waals surface area contributed by atoms with Crippen LogP contribution in [-0.2, 0) is 0 Å². The van der Waals surface area contributed by atoms with Crippen molar-refractivity contribution in [1.82, 2.24) is 5.32 Å². The van der Waals surface area contributed by atoms with Crippen LogP contribution in [0.15, 0.2) is 24.3 Å². The molecule has 1 aromatic carbocycles. The van der Waals surface area contributed by atoms with E-state index in [0.717, 1.165) is 37.4 Å². The van der Waals surface area contributed by atoms with Gasteiger partial charge in [0.1, 0.15) is 6.10 Å². The fraction of sp³-hybridized carbons (Fsp3) is 0.625. The molecule has 0 aliphatic carbocycles. The molecule has 1 unspecified atom stereocenters. The molecule has 0 fully saturated rings. The summed E-state index contributed by atoms with van der Waals surface area (Å²) in [5.74, 6) is 2.29. The lowest BCUT2D eigenvalue weighted by Gasteiger charge is -2.21. The molecule has 0 bridgehead atoms. The Kier molecular flexibility index (Phi) is 7.34. The number of para-hydroxylation sites is 2. The molecule has 1 N–H and O–H groups in total. The predicted molar refractivity (Wildman–Crippen MR) is 80.0 cm³/mol. The van der Waals surface area contributed by atoms with Crippen molar-refractivity contribution in [2.24, 2.45) is 5.92 Å². The van der Waals surface area contributed by atoms with Crippen LogP contribution < -0.4 is 14.8 Å². The standard InChI is InChI=1S/C16H27NO2/c1-5-8-14(12-17-11-13(2)3)19-16-10-7-6-9-15(16)18-4/h6-7,9-10,13-14,17H,5,8,11-12H2,1-4H3. The molecule has 3 heteroatoms. The van der Waals surface area contributed by atoms with E-state index in [1.165, 1.54) is 0 Å². The summed E-state index contributed by atoms with van der Waals surface area (Å²) >= 11 is 0. The quantitative estimate of drug-likeness (QED) is 0.741. The normalized spacial score (nSPS) is 12.5. The van der Waals surface area contributed by atoms with Crippen LogP contribution in [0.25, 0.3) is 0 Å². The van der Waals surface area contributed by atoms with Gasteiger partial charge in [-0.15, -0.1) is 0 Å². The molecule has 19 heavy (non-hydrogen) atoms. The second-order valence-corrected chi connectivity index (χ2v) is 5.23. The molecule has 1 aromatic rings. The maximum absolute atomic E-state index is 6.07. The molecule has 1 atom stereocenters. The number of nitrogens with one attached hydrogen (secondary N) is 1. The van der Waals surface area contributed by atoms with E-state index >= 15 is 0 Å². The molecular weight excluding hydrogens is 238 g/mol. The van der Waals surface area contributed by atoms with E-state index < -0.39 is 0 Å². The summed E-state index contributed by atoms with van der Waals surface area (Å²) in [7, 11) is 1.67. The van der Waals surface area contributed by atoms with E-state index in [4.69, 9.17) is 9.47 Å². The van der Waals surface area contributed by atoms with Crippen molar-refractivity contribution in [2.75, 3.05) is 20.2 Å². The Hall–Kier alpha value is -1.22. The molecule has 0 heterocycles. The van der Waals surface area contributed by atoms with Gasteiger partial charge in [-0.3, -0.25) is 0 Å². The molecule has 0 aliphatic rings. The third-order valence-corrected chi connectivity index (χ3v) is 2.90. The second-order valence-electron chi connectivity index (χ2n) is 5.23. The topological polar surface area (TPSA) is 30.5 Å². The Balaban J connectivity index is 2.56. The summed E-state index contributed by atoms with van der Waals surface area (Å²) in [6.07, 6.45) is 2.35. The lowest BCUT2D eigenvalue weighted by molar-refractivity contribution is 0.178. The molecule has 0 saturated carbocycles. The highest BCUT2D eigenvalue weighted by molar-refractivity contribution is 5.39. The largest absolute Gasteiger partial charge is 0.493 e. The van der Waals surface area contributed by atoms with Gasteiger partial charge in [-0.05, 0) is 31.0 Å². The fourth-order valence-corrected chi connectivity index (χ4v) is 1.95. The minimum atomic E-state index is 0.194.